The van der Waals surface area contributed by atoms with Gasteiger partial charge in [0.15, 0.2) is 0 Å². The Kier molecular flexibility index (Phi) is 6.28. The van der Waals surface area contributed by atoms with Crippen molar-refractivity contribution in [2.24, 2.45) is 5.92 Å². The zero-order valence-electron chi connectivity index (χ0n) is 15.2. The van der Waals surface area contributed by atoms with Gasteiger partial charge in [0.1, 0.15) is 0 Å². The molecule has 0 unspecified atom stereocenters. The van der Waals surface area contributed by atoms with E-state index in [1.165, 1.54) is 12.4 Å². The molecule has 0 saturated carbocycles. The molecule has 1 aromatic carbocycles. The standard InChI is InChI=1S/C20H25N3O2/c1-13(2)10-22-19(24)15-9-16(12-21-11-15)20(25)23-18-8-6-5-7-17(18)14(3)4/h5-9,11-14H,10H2,1-4H3,(H,22,24)(H,23,25). The third-order valence-electron chi connectivity index (χ3n) is 3.76. The van der Waals surface area contributed by atoms with Gasteiger partial charge in [0, 0.05) is 24.6 Å². The van der Waals surface area contributed by atoms with Crippen LogP contribution in [0.1, 0.15) is 59.9 Å². The molecular weight excluding hydrogens is 314 g/mol. The van der Waals surface area contributed by atoms with Crippen LogP contribution >= 0.6 is 0 Å². The van der Waals surface area contributed by atoms with Crippen molar-refractivity contribution in [1.29, 1.82) is 0 Å². The number of benzene rings is 1. The molecule has 132 valence electrons. The second-order valence-corrected chi connectivity index (χ2v) is 6.76. The van der Waals surface area contributed by atoms with Gasteiger partial charge in [-0.05, 0) is 29.5 Å². The molecule has 5 nitrogen and oxygen atoms in total. The van der Waals surface area contributed by atoms with Gasteiger partial charge in [-0.15, -0.1) is 0 Å². The molecule has 1 heterocycles. The largest absolute Gasteiger partial charge is 0.352 e. The quantitative estimate of drug-likeness (QED) is 0.840. The summed E-state index contributed by atoms with van der Waals surface area (Å²) in [7, 11) is 0. The summed E-state index contributed by atoms with van der Waals surface area (Å²) in [5.74, 6) is 0.149. The predicted octanol–water partition coefficient (Wildman–Crippen LogP) is 3.84. The van der Waals surface area contributed by atoms with E-state index in [0.717, 1.165) is 11.3 Å². The second-order valence-electron chi connectivity index (χ2n) is 6.76. The lowest BCUT2D eigenvalue weighted by molar-refractivity contribution is 0.0948. The molecule has 2 amide bonds. The van der Waals surface area contributed by atoms with Crippen LogP contribution < -0.4 is 10.6 Å². The minimum Gasteiger partial charge on any atom is -0.352 e. The lowest BCUT2D eigenvalue weighted by atomic mass is 10.0. The van der Waals surface area contributed by atoms with Gasteiger partial charge >= 0.3 is 0 Å². The molecule has 25 heavy (non-hydrogen) atoms. The van der Waals surface area contributed by atoms with E-state index in [9.17, 15) is 9.59 Å². The molecule has 0 bridgehead atoms. The van der Waals surface area contributed by atoms with Crippen molar-refractivity contribution in [3.63, 3.8) is 0 Å². The van der Waals surface area contributed by atoms with Crippen molar-refractivity contribution >= 4 is 17.5 Å². The number of anilines is 1. The first kappa shape index (κ1) is 18.6. The highest BCUT2D eigenvalue weighted by Gasteiger charge is 2.14. The Morgan fingerprint density at radius 2 is 1.64 bits per heavy atom. The molecule has 0 aliphatic rings. The predicted molar refractivity (Wildman–Crippen MR) is 99.9 cm³/mol. The summed E-state index contributed by atoms with van der Waals surface area (Å²) in [6, 6.07) is 9.27. The van der Waals surface area contributed by atoms with Crippen LogP contribution in [0.5, 0.6) is 0 Å². The zero-order valence-corrected chi connectivity index (χ0v) is 15.2. The number of amides is 2. The monoisotopic (exact) mass is 339 g/mol. The van der Waals surface area contributed by atoms with E-state index < -0.39 is 0 Å². The number of aromatic nitrogens is 1. The van der Waals surface area contributed by atoms with Crippen LogP contribution in [0, 0.1) is 5.92 Å². The van der Waals surface area contributed by atoms with Crippen LogP contribution in [-0.2, 0) is 0 Å². The average molecular weight is 339 g/mol. The number of nitrogens with one attached hydrogen (secondary N) is 2. The van der Waals surface area contributed by atoms with Crippen molar-refractivity contribution in [2.45, 2.75) is 33.6 Å². The minimum atomic E-state index is -0.279. The summed E-state index contributed by atoms with van der Waals surface area (Å²) in [4.78, 5) is 28.7. The zero-order chi connectivity index (χ0) is 18.4. The maximum atomic E-state index is 12.5. The number of rotatable bonds is 6. The van der Waals surface area contributed by atoms with Crippen molar-refractivity contribution in [2.75, 3.05) is 11.9 Å². The summed E-state index contributed by atoms with van der Waals surface area (Å²) in [6.45, 7) is 8.78. The Hall–Kier alpha value is -2.69. The molecule has 2 rings (SSSR count). The number of nitrogens with zero attached hydrogens (tertiary/aromatic N) is 1. The highest BCUT2D eigenvalue weighted by atomic mass is 16.2. The molecular formula is C20H25N3O2. The summed E-state index contributed by atoms with van der Waals surface area (Å²) in [5, 5.41) is 5.74. The Bertz CT molecular complexity index is 754. The van der Waals surface area contributed by atoms with Crippen LogP contribution in [0.2, 0.25) is 0 Å². The van der Waals surface area contributed by atoms with E-state index in [1.807, 2.05) is 38.1 Å². The molecule has 1 aromatic heterocycles. The number of para-hydroxylation sites is 1. The summed E-state index contributed by atoms with van der Waals surface area (Å²) in [5.41, 5.74) is 2.58. The molecule has 0 atom stereocenters. The maximum Gasteiger partial charge on any atom is 0.257 e. The fourth-order valence-corrected chi connectivity index (χ4v) is 2.40. The molecule has 2 N–H and O–H groups in total. The number of hydrogen-bond acceptors (Lipinski definition) is 3. The van der Waals surface area contributed by atoms with Crippen LogP contribution in [0.15, 0.2) is 42.7 Å². The van der Waals surface area contributed by atoms with Crippen LogP contribution in [0.3, 0.4) is 0 Å². The van der Waals surface area contributed by atoms with E-state index >= 15 is 0 Å². The smallest absolute Gasteiger partial charge is 0.257 e. The number of hydrogen-bond donors (Lipinski definition) is 2. The Morgan fingerprint density at radius 1 is 1.00 bits per heavy atom. The Balaban J connectivity index is 2.15. The van der Waals surface area contributed by atoms with Crippen LogP contribution in [0.25, 0.3) is 0 Å². The first-order chi connectivity index (χ1) is 11.9. The molecule has 2 aromatic rings. The molecule has 0 saturated heterocycles. The fourth-order valence-electron chi connectivity index (χ4n) is 2.40. The summed E-state index contributed by atoms with van der Waals surface area (Å²) >= 11 is 0. The molecule has 0 spiro atoms. The molecule has 0 fully saturated rings. The van der Waals surface area contributed by atoms with E-state index in [0.29, 0.717) is 29.5 Å². The van der Waals surface area contributed by atoms with Gasteiger partial charge in [0.05, 0.1) is 11.1 Å². The SMILES string of the molecule is CC(C)CNC(=O)c1cncc(C(=O)Nc2ccccc2C(C)C)c1. The Morgan fingerprint density at radius 3 is 2.28 bits per heavy atom. The molecule has 0 aliphatic heterocycles. The van der Waals surface area contributed by atoms with Crippen molar-refractivity contribution in [3.05, 3.63) is 59.4 Å². The third kappa shape index (κ3) is 5.14. The molecule has 0 radical (unpaired) electrons. The number of carbonyl (C=O) groups is 2. The van der Waals surface area contributed by atoms with Crippen LogP contribution in [-0.4, -0.2) is 23.3 Å². The number of pyridine rings is 1. The first-order valence-electron chi connectivity index (χ1n) is 8.52. The van der Waals surface area contributed by atoms with Crippen molar-refractivity contribution in [1.82, 2.24) is 10.3 Å². The van der Waals surface area contributed by atoms with Gasteiger partial charge in [0.25, 0.3) is 11.8 Å². The van der Waals surface area contributed by atoms with E-state index in [-0.39, 0.29) is 11.8 Å². The summed E-state index contributed by atoms with van der Waals surface area (Å²) in [6.07, 6.45) is 2.93. The van der Waals surface area contributed by atoms with E-state index in [4.69, 9.17) is 0 Å². The molecule has 0 aliphatic carbocycles. The van der Waals surface area contributed by atoms with Gasteiger partial charge in [-0.3, -0.25) is 14.6 Å². The average Bonchev–Trinajstić information content (AvgIpc) is 2.60. The minimum absolute atomic E-state index is 0.224. The normalized spacial score (nSPS) is 10.8. The lowest BCUT2D eigenvalue weighted by Gasteiger charge is -2.14. The van der Waals surface area contributed by atoms with E-state index in [2.05, 4.69) is 29.5 Å². The van der Waals surface area contributed by atoms with Gasteiger partial charge in [0.2, 0.25) is 0 Å². The van der Waals surface area contributed by atoms with Gasteiger partial charge in [-0.2, -0.15) is 0 Å². The number of carbonyl (C=O) groups excluding carboxylic acids is 2. The lowest BCUT2D eigenvalue weighted by Crippen LogP contribution is -2.27. The topological polar surface area (TPSA) is 71.1 Å². The maximum absolute atomic E-state index is 12.5. The van der Waals surface area contributed by atoms with Crippen molar-refractivity contribution < 1.29 is 9.59 Å². The first-order valence-corrected chi connectivity index (χ1v) is 8.52. The second kappa shape index (κ2) is 8.42. The fraction of sp³-hybridized carbons (Fsp3) is 0.350. The van der Waals surface area contributed by atoms with Gasteiger partial charge in [-0.1, -0.05) is 45.9 Å². The van der Waals surface area contributed by atoms with Gasteiger partial charge in [-0.25, -0.2) is 0 Å². The highest BCUT2D eigenvalue weighted by Crippen LogP contribution is 2.24. The van der Waals surface area contributed by atoms with Gasteiger partial charge < -0.3 is 10.6 Å². The third-order valence-corrected chi connectivity index (χ3v) is 3.76. The van der Waals surface area contributed by atoms with Crippen molar-refractivity contribution in [3.8, 4) is 0 Å². The Labute approximate surface area is 148 Å². The highest BCUT2D eigenvalue weighted by molar-refractivity contribution is 6.06. The molecule has 5 heteroatoms. The van der Waals surface area contributed by atoms with Crippen LogP contribution in [0.4, 0.5) is 5.69 Å². The summed E-state index contributed by atoms with van der Waals surface area (Å²) < 4.78 is 0. The van der Waals surface area contributed by atoms with E-state index in [1.54, 1.807) is 6.07 Å².